The van der Waals surface area contributed by atoms with E-state index in [-0.39, 0.29) is 0 Å². The average Bonchev–Trinajstić information content (AvgIpc) is 2.34. The lowest BCUT2D eigenvalue weighted by molar-refractivity contribution is 0.319. The van der Waals surface area contributed by atoms with E-state index in [1.54, 1.807) is 18.2 Å². The summed E-state index contributed by atoms with van der Waals surface area (Å²) in [7, 11) is 0. The molecule has 0 saturated heterocycles. The van der Waals surface area contributed by atoms with E-state index in [1.165, 1.54) is 0 Å². The zero-order valence-electron chi connectivity index (χ0n) is 9.69. The fourth-order valence-electron chi connectivity index (χ4n) is 1.77. The summed E-state index contributed by atoms with van der Waals surface area (Å²) in [5.74, 6) is 0. The molecule has 0 atom stereocenters. The molecule has 0 amide bonds. The van der Waals surface area contributed by atoms with Crippen molar-refractivity contribution in [1.29, 1.82) is 0 Å². The van der Waals surface area contributed by atoms with Gasteiger partial charge in [0.25, 0.3) is 0 Å². The number of benzene rings is 2. The predicted molar refractivity (Wildman–Crippen MR) is 75.1 cm³/mol. The van der Waals surface area contributed by atoms with Gasteiger partial charge in [-0.3, -0.25) is 0 Å². The standard InChI is InChI=1S/C14H11Cl2NO/c1-9-4-2-5-10(8-9)14(17-18)13-11(15)6-3-7-12(13)16/h2-8,18H,1H3/b17-14+. The van der Waals surface area contributed by atoms with Gasteiger partial charge in [0.2, 0.25) is 0 Å². The van der Waals surface area contributed by atoms with Gasteiger partial charge in [-0.1, -0.05) is 58.2 Å². The zero-order valence-corrected chi connectivity index (χ0v) is 11.2. The van der Waals surface area contributed by atoms with Crippen LogP contribution in [-0.2, 0) is 0 Å². The van der Waals surface area contributed by atoms with E-state index < -0.39 is 0 Å². The normalized spacial score (nSPS) is 11.6. The lowest BCUT2D eigenvalue weighted by Crippen LogP contribution is -2.05. The van der Waals surface area contributed by atoms with Gasteiger partial charge in [-0.15, -0.1) is 0 Å². The number of hydrogen-bond donors (Lipinski definition) is 1. The molecule has 0 aliphatic rings. The predicted octanol–water partition coefficient (Wildman–Crippen LogP) is 4.53. The molecule has 2 nitrogen and oxygen atoms in total. The number of rotatable bonds is 2. The van der Waals surface area contributed by atoms with Crippen molar-refractivity contribution in [3.8, 4) is 0 Å². The van der Waals surface area contributed by atoms with Crippen LogP contribution in [-0.4, -0.2) is 10.9 Å². The molecule has 0 bridgehead atoms. The van der Waals surface area contributed by atoms with Gasteiger partial charge in [-0.05, 0) is 25.1 Å². The van der Waals surface area contributed by atoms with Crippen LogP contribution in [0.1, 0.15) is 16.7 Å². The van der Waals surface area contributed by atoms with E-state index in [2.05, 4.69) is 5.16 Å². The Morgan fingerprint density at radius 2 is 1.67 bits per heavy atom. The van der Waals surface area contributed by atoms with Gasteiger partial charge in [0.1, 0.15) is 5.71 Å². The fraction of sp³-hybridized carbons (Fsp3) is 0.0714. The number of halogens is 2. The highest BCUT2D eigenvalue weighted by Gasteiger charge is 2.15. The number of aryl methyl sites for hydroxylation is 1. The van der Waals surface area contributed by atoms with E-state index in [4.69, 9.17) is 23.2 Å². The van der Waals surface area contributed by atoms with Crippen molar-refractivity contribution in [2.45, 2.75) is 6.92 Å². The quantitative estimate of drug-likeness (QED) is 0.489. The molecule has 18 heavy (non-hydrogen) atoms. The van der Waals surface area contributed by atoms with Crippen molar-refractivity contribution in [3.63, 3.8) is 0 Å². The Hall–Kier alpha value is -1.51. The molecular formula is C14H11Cl2NO. The molecule has 4 heteroatoms. The first-order chi connectivity index (χ1) is 8.63. The second kappa shape index (κ2) is 5.42. The lowest BCUT2D eigenvalue weighted by atomic mass is 10.0. The maximum absolute atomic E-state index is 9.24. The molecule has 0 saturated carbocycles. The summed E-state index contributed by atoms with van der Waals surface area (Å²) in [6.07, 6.45) is 0. The summed E-state index contributed by atoms with van der Waals surface area (Å²) in [5.41, 5.74) is 2.74. The molecule has 2 rings (SSSR count). The summed E-state index contributed by atoms with van der Waals surface area (Å²) < 4.78 is 0. The molecule has 0 heterocycles. The largest absolute Gasteiger partial charge is 0.410 e. The highest BCUT2D eigenvalue weighted by molar-refractivity contribution is 6.41. The van der Waals surface area contributed by atoms with Crippen LogP contribution >= 0.6 is 23.2 Å². The maximum Gasteiger partial charge on any atom is 0.120 e. The Kier molecular flexibility index (Phi) is 3.90. The summed E-state index contributed by atoms with van der Waals surface area (Å²) in [6, 6.07) is 12.8. The zero-order chi connectivity index (χ0) is 13.1. The highest BCUT2D eigenvalue weighted by atomic mass is 35.5. The molecule has 2 aromatic rings. The van der Waals surface area contributed by atoms with Crippen LogP contribution in [0.3, 0.4) is 0 Å². The Balaban J connectivity index is 2.60. The smallest absolute Gasteiger partial charge is 0.120 e. The molecule has 0 spiro atoms. The van der Waals surface area contributed by atoms with Crippen LogP contribution in [0.5, 0.6) is 0 Å². The molecule has 92 valence electrons. The number of oxime groups is 1. The molecule has 2 aromatic carbocycles. The molecular weight excluding hydrogens is 269 g/mol. The SMILES string of the molecule is Cc1cccc(/C(=N\O)c2c(Cl)cccc2Cl)c1. The first-order valence-electron chi connectivity index (χ1n) is 5.37. The number of nitrogens with zero attached hydrogens (tertiary/aromatic N) is 1. The first-order valence-corrected chi connectivity index (χ1v) is 6.12. The van der Waals surface area contributed by atoms with Crippen LogP contribution < -0.4 is 0 Å². The van der Waals surface area contributed by atoms with E-state index >= 15 is 0 Å². The minimum Gasteiger partial charge on any atom is -0.410 e. The summed E-state index contributed by atoms with van der Waals surface area (Å²) in [5, 5.41) is 13.5. The van der Waals surface area contributed by atoms with Crippen molar-refractivity contribution in [2.24, 2.45) is 5.16 Å². The highest BCUT2D eigenvalue weighted by Crippen LogP contribution is 2.27. The van der Waals surface area contributed by atoms with Gasteiger partial charge < -0.3 is 5.21 Å². The molecule has 0 aromatic heterocycles. The van der Waals surface area contributed by atoms with E-state index in [0.29, 0.717) is 21.3 Å². The Labute approximate surface area is 115 Å². The van der Waals surface area contributed by atoms with Crippen LogP contribution in [0.2, 0.25) is 10.0 Å². The molecule has 0 fully saturated rings. The van der Waals surface area contributed by atoms with Crippen molar-refractivity contribution in [1.82, 2.24) is 0 Å². The monoisotopic (exact) mass is 279 g/mol. The van der Waals surface area contributed by atoms with E-state index in [0.717, 1.165) is 11.1 Å². The minimum atomic E-state index is 0.370. The third kappa shape index (κ3) is 2.50. The third-order valence-corrected chi connectivity index (χ3v) is 3.22. The maximum atomic E-state index is 9.24. The van der Waals surface area contributed by atoms with Gasteiger partial charge in [0.15, 0.2) is 0 Å². The van der Waals surface area contributed by atoms with Gasteiger partial charge >= 0.3 is 0 Å². The second-order valence-corrected chi connectivity index (χ2v) is 4.73. The van der Waals surface area contributed by atoms with Gasteiger partial charge in [-0.2, -0.15) is 0 Å². The molecule has 0 aliphatic heterocycles. The van der Waals surface area contributed by atoms with Crippen LogP contribution in [0.25, 0.3) is 0 Å². The van der Waals surface area contributed by atoms with Crippen LogP contribution in [0.15, 0.2) is 47.6 Å². The fourth-order valence-corrected chi connectivity index (χ4v) is 2.34. The first kappa shape index (κ1) is 12.9. The minimum absolute atomic E-state index is 0.370. The molecule has 0 aliphatic carbocycles. The van der Waals surface area contributed by atoms with E-state index in [1.807, 2.05) is 31.2 Å². The number of hydrogen-bond acceptors (Lipinski definition) is 2. The average molecular weight is 280 g/mol. The van der Waals surface area contributed by atoms with Gasteiger partial charge in [0, 0.05) is 11.1 Å². The van der Waals surface area contributed by atoms with Crippen molar-refractivity contribution in [2.75, 3.05) is 0 Å². The topological polar surface area (TPSA) is 32.6 Å². The second-order valence-electron chi connectivity index (χ2n) is 3.91. The summed E-state index contributed by atoms with van der Waals surface area (Å²) >= 11 is 12.2. The van der Waals surface area contributed by atoms with Crippen LogP contribution in [0, 0.1) is 6.92 Å². The van der Waals surface area contributed by atoms with E-state index in [9.17, 15) is 5.21 Å². The molecule has 1 N–H and O–H groups in total. The third-order valence-electron chi connectivity index (χ3n) is 2.59. The van der Waals surface area contributed by atoms with Crippen molar-refractivity contribution >= 4 is 28.9 Å². The Morgan fingerprint density at radius 3 is 2.22 bits per heavy atom. The lowest BCUT2D eigenvalue weighted by Gasteiger charge is -2.09. The Bertz CT molecular complexity index is 588. The van der Waals surface area contributed by atoms with Crippen molar-refractivity contribution in [3.05, 3.63) is 69.2 Å². The molecule has 0 radical (unpaired) electrons. The Morgan fingerprint density at radius 1 is 1.06 bits per heavy atom. The van der Waals surface area contributed by atoms with Crippen LogP contribution in [0.4, 0.5) is 0 Å². The molecule has 0 unspecified atom stereocenters. The van der Waals surface area contributed by atoms with Gasteiger partial charge in [-0.25, -0.2) is 0 Å². The summed E-state index contributed by atoms with van der Waals surface area (Å²) in [4.78, 5) is 0. The summed E-state index contributed by atoms with van der Waals surface area (Å²) in [6.45, 7) is 1.96. The van der Waals surface area contributed by atoms with Crippen molar-refractivity contribution < 1.29 is 5.21 Å². The van der Waals surface area contributed by atoms with Gasteiger partial charge in [0.05, 0.1) is 10.0 Å².